The van der Waals surface area contributed by atoms with E-state index >= 15 is 0 Å². The van der Waals surface area contributed by atoms with Gasteiger partial charge in [-0.1, -0.05) is 63.5 Å². The molecule has 0 saturated heterocycles. The molecule has 2 atom stereocenters. The second-order valence-corrected chi connectivity index (χ2v) is 19.3. The van der Waals surface area contributed by atoms with Gasteiger partial charge in [0.05, 0.1) is 20.3 Å². The first-order valence-electron chi connectivity index (χ1n) is 14.6. The van der Waals surface area contributed by atoms with Crippen LogP contribution in [0.25, 0.3) is 0 Å². The molecule has 0 aromatic heterocycles. The second-order valence-electron chi connectivity index (χ2n) is 13.1. The van der Waals surface area contributed by atoms with Crippen LogP contribution in [0.1, 0.15) is 92.4 Å². The van der Waals surface area contributed by atoms with Crippen LogP contribution in [0.3, 0.4) is 0 Å². The van der Waals surface area contributed by atoms with Crippen LogP contribution in [-0.2, 0) is 19.4 Å². The van der Waals surface area contributed by atoms with Gasteiger partial charge in [0, 0.05) is 27.6 Å². The van der Waals surface area contributed by atoms with E-state index in [1.165, 1.54) is 0 Å². The van der Waals surface area contributed by atoms with Crippen LogP contribution >= 0.6 is 15.9 Å². The lowest BCUT2D eigenvalue weighted by atomic mass is 9.61. The molecule has 0 heterocycles. The summed E-state index contributed by atoms with van der Waals surface area (Å²) in [6.45, 7) is 19.5. The number of allylic oxidation sites excluding steroid dienone is 3. The Morgan fingerprint density at radius 1 is 1.10 bits per heavy atom. The Kier molecular flexibility index (Phi) is 10.3. The van der Waals surface area contributed by atoms with Crippen LogP contribution in [0.4, 0.5) is 4.79 Å². The molecule has 9 heteroatoms. The molecule has 2 aliphatic carbocycles. The molecule has 0 aliphatic heterocycles. The van der Waals surface area contributed by atoms with Crippen molar-refractivity contribution in [2.45, 2.75) is 109 Å². The van der Waals surface area contributed by atoms with Crippen molar-refractivity contribution < 1.29 is 28.2 Å². The number of hydrogen-bond acceptors (Lipinski definition) is 6. The number of hydrogen-bond donors (Lipinski definition) is 1. The fourth-order valence-electron chi connectivity index (χ4n) is 7.00. The Morgan fingerprint density at radius 3 is 2.22 bits per heavy atom. The van der Waals surface area contributed by atoms with E-state index in [4.69, 9.17) is 18.6 Å². The van der Waals surface area contributed by atoms with Crippen molar-refractivity contribution in [1.29, 1.82) is 0 Å². The summed E-state index contributed by atoms with van der Waals surface area (Å²) < 4.78 is 25.6. The molecule has 0 fully saturated rings. The van der Waals surface area contributed by atoms with Crippen LogP contribution < -0.4 is 14.8 Å². The zero-order chi connectivity index (χ0) is 30.9. The topological polar surface area (TPSA) is 83.1 Å². The van der Waals surface area contributed by atoms with Gasteiger partial charge in [0.2, 0.25) is 8.32 Å². The molecule has 1 aromatic rings. The van der Waals surface area contributed by atoms with Gasteiger partial charge in [-0.25, -0.2) is 4.79 Å². The highest BCUT2D eigenvalue weighted by molar-refractivity contribution is 9.10. The number of alkyl carbamates (subject to hydrolysis) is 1. The summed E-state index contributed by atoms with van der Waals surface area (Å²) in [6.07, 6.45) is 5.61. The minimum Gasteiger partial charge on any atom is -0.493 e. The normalized spacial score (nSPS) is 20.6. The zero-order valence-corrected chi connectivity index (χ0v) is 29.2. The highest BCUT2D eigenvalue weighted by atomic mass is 79.9. The number of fused-ring (bicyclic) bond motifs is 3. The summed E-state index contributed by atoms with van der Waals surface area (Å²) in [5.41, 5.74) is 2.71. The standard InChI is InChI=1S/C32H48BrNO6Si/c1-19(2)41(20(3)4,21(5)6)40-25-17-22-16-23(35)12-13-32(22,14-15-34-30(36)39-31(7,8)9)28-27(25)24(33)18-26(37-10)29(28)38-11/h12-13,16,18-21,25H,14-15,17H2,1-11H3,(H,34,36). The maximum atomic E-state index is 12.8. The monoisotopic (exact) mass is 649 g/mol. The Bertz CT molecular complexity index is 1190. The third-order valence-corrected chi connectivity index (χ3v) is 15.3. The van der Waals surface area contributed by atoms with Gasteiger partial charge in [0.25, 0.3) is 0 Å². The summed E-state index contributed by atoms with van der Waals surface area (Å²) in [4.78, 5) is 25.4. The minimum atomic E-state index is -2.31. The van der Waals surface area contributed by atoms with Gasteiger partial charge in [-0.3, -0.25) is 4.79 Å². The maximum Gasteiger partial charge on any atom is 0.407 e. The van der Waals surface area contributed by atoms with Crippen molar-refractivity contribution in [3.8, 4) is 11.5 Å². The SMILES string of the molecule is COc1cc(Br)c2c(c1OC)C1(CCNC(=O)OC(C)(C)C)C=CC(=O)C=C1CC2O[Si](C(C)C)(C(C)C)C(C)C. The lowest BCUT2D eigenvalue weighted by molar-refractivity contribution is -0.110. The van der Waals surface area contributed by atoms with Gasteiger partial charge in [-0.15, -0.1) is 0 Å². The quantitative estimate of drug-likeness (QED) is 0.257. The Balaban J connectivity index is 2.24. The van der Waals surface area contributed by atoms with E-state index in [1.807, 2.05) is 32.9 Å². The predicted molar refractivity (Wildman–Crippen MR) is 169 cm³/mol. The Hall–Kier alpha value is -2.10. The molecule has 2 aliphatic rings. The first-order valence-corrected chi connectivity index (χ1v) is 17.5. The third-order valence-electron chi connectivity index (χ3n) is 8.50. The minimum absolute atomic E-state index is 0.0565. The number of halogens is 1. The Labute approximate surface area is 255 Å². The first-order chi connectivity index (χ1) is 19.0. The summed E-state index contributed by atoms with van der Waals surface area (Å²) in [6, 6.07) is 1.94. The number of rotatable bonds is 10. The van der Waals surface area contributed by atoms with Crippen LogP contribution in [0, 0.1) is 0 Å². The fraction of sp³-hybridized carbons (Fsp3) is 0.625. The summed E-state index contributed by atoms with van der Waals surface area (Å²) in [5.74, 6) is 1.13. The van der Waals surface area contributed by atoms with Crippen molar-refractivity contribution in [1.82, 2.24) is 5.32 Å². The molecule has 1 N–H and O–H groups in total. The highest BCUT2D eigenvalue weighted by Gasteiger charge is 2.52. The average molecular weight is 651 g/mol. The molecular weight excluding hydrogens is 602 g/mol. The number of benzene rings is 1. The molecule has 0 radical (unpaired) electrons. The highest BCUT2D eigenvalue weighted by Crippen LogP contribution is 2.59. The van der Waals surface area contributed by atoms with E-state index in [9.17, 15) is 9.59 Å². The van der Waals surface area contributed by atoms with E-state index < -0.39 is 25.4 Å². The van der Waals surface area contributed by atoms with Crippen LogP contribution in [0.15, 0.2) is 34.3 Å². The lowest BCUT2D eigenvalue weighted by Crippen LogP contribution is -2.50. The van der Waals surface area contributed by atoms with E-state index in [1.54, 1.807) is 26.4 Å². The molecular formula is C32H48BrNO6Si. The zero-order valence-electron chi connectivity index (χ0n) is 26.6. The van der Waals surface area contributed by atoms with E-state index in [0.717, 1.165) is 21.2 Å². The van der Waals surface area contributed by atoms with E-state index in [-0.39, 0.29) is 11.9 Å². The number of ketones is 1. The number of amides is 1. The van der Waals surface area contributed by atoms with Gasteiger partial charge >= 0.3 is 6.09 Å². The lowest BCUT2D eigenvalue weighted by Gasteiger charge is -2.50. The largest absolute Gasteiger partial charge is 0.493 e. The van der Waals surface area contributed by atoms with Gasteiger partial charge in [-0.2, -0.15) is 0 Å². The van der Waals surface area contributed by atoms with Crippen molar-refractivity contribution in [2.24, 2.45) is 0 Å². The van der Waals surface area contributed by atoms with Crippen molar-refractivity contribution in [3.05, 3.63) is 45.5 Å². The number of nitrogens with one attached hydrogen (secondary N) is 1. The molecule has 0 spiro atoms. The van der Waals surface area contributed by atoms with Crippen LogP contribution in [0.2, 0.25) is 16.6 Å². The van der Waals surface area contributed by atoms with Crippen molar-refractivity contribution >= 4 is 36.1 Å². The smallest absolute Gasteiger partial charge is 0.407 e. The predicted octanol–water partition coefficient (Wildman–Crippen LogP) is 8.32. The maximum absolute atomic E-state index is 12.8. The molecule has 0 saturated carbocycles. The molecule has 228 valence electrons. The summed E-state index contributed by atoms with van der Waals surface area (Å²) in [7, 11) is 0.945. The molecule has 1 aromatic carbocycles. The Morgan fingerprint density at radius 2 is 1.71 bits per heavy atom. The molecule has 2 unspecified atom stereocenters. The first kappa shape index (κ1) is 33.4. The van der Waals surface area contributed by atoms with Crippen LogP contribution in [-0.4, -0.2) is 46.6 Å². The number of carbonyl (C=O) groups excluding carboxylic acids is 2. The summed E-state index contributed by atoms with van der Waals surface area (Å²) >= 11 is 3.87. The average Bonchev–Trinajstić information content (AvgIpc) is 2.85. The molecule has 7 nitrogen and oxygen atoms in total. The van der Waals surface area contributed by atoms with E-state index in [2.05, 4.69) is 62.8 Å². The molecule has 1 amide bonds. The fourth-order valence-corrected chi connectivity index (χ4v) is 13.2. The number of methoxy groups -OCH3 is 2. The van der Waals surface area contributed by atoms with Crippen LogP contribution in [0.5, 0.6) is 11.5 Å². The van der Waals surface area contributed by atoms with Crippen molar-refractivity contribution in [2.75, 3.05) is 20.8 Å². The van der Waals surface area contributed by atoms with Gasteiger partial charge in [0.15, 0.2) is 17.3 Å². The second kappa shape index (κ2) is 12.6. The molecule has 41 heavy (non-hydrogen) atoms. The summed E-state index contributed by atoms with van der Waals surface area (Å²) in [5, 5.41) is 2.92. The van der Waals surface area contributed by atoms with Crippen molar-refractivity contribution in [3.63, 3.8) is 0 Å². The van der Waals surface area contributed by atoms with Gasteiger partial charge in [0.1, 0.15) is 5.60 Å². The number of carbonyl (C=O) groups is 2. The number of ether oxygens (including phenoxy) is 3. The molecule has 0 bridgehead atoms. The molecule has 3 rings (SSSR count). The van der Waals surface area contributed by atoms with E-state index in [0.29, 0.717) is 47.5 Å². The third kappa shape index (κ3) is 6.47. The van der Waals surface area contributed by atoms with Gasteiger partial charge in [-0.05, 0) is 74.0 Å². The van der Waals surface area contributed by atoms with Gasteiger partial charge < -0.3 is 24.0 Å².